The van der Waals surface area contributed by atoms with Crippen molar-refractivity contribution < 1.29 is 4.42 Å². The van der Waals surface area contributed by atoms with E-state index in [0.717, 1.165) is 57.4 Å². The molecule has 0 bridgehead atoms. The Morgan fingerprint density at radius 3 is 1.80 bits per heavy atom. The summed E-state index contributed by atoms with van der Waals surface area (Å²) in [7, 11) is 0. The van der Waals surface area contributed by atoms with E-state index in [4.69, 9.17) is 14.4 Å². The fraction of sp³-hybridized carbons (Fsp3) is 0.388. The smallest absolute Gasteiger partial charge is 0.261 e. The maximum atomic E-state index is 7.11. The number of rotatable bonds is 2. The first-order valence-electron chi connectivity index (χ1n) is 20.1. The number of benzene rings is 4. The lowest BCUT2D eigenvalue weighted by Crippen LogP contribution is -2.61. The maximum Gasteiger partial charge on any atom is 0.261 e. The second-order valence-corrected chi connectivity index (χ2v) is 20.8. The second kappa shape index (κ2) is 11.4. The first-order valence-corrected chi connectivity index (χ1v) is 20.1. The van der Waals surface area contributed by atoms with Crippen molar-refractivity contribution in [1.29, 1.82) is 0 Å². The molecule has 1 aliphatic carbocycles. The number of nitrogens with zero attached hydrogens (tertiary/aromatic N) is 4. The number of hydrogen-bond donors (Lipinski definition) is 0. The van der Waals surface area contributed by atoms with Gasteiger partial charge in [-0.2, -0.15) is 0 Å². The highest BCUT2D eigenvalue weighted by Crippen LogP contribution is 2.52. The fourth-order valence-electron chi connectivity index (χ4n) is 9.86. The van der Waals surface area contributed by atoms with Gasteiger partial charge in [0.05, 0.1) is 5.69 Å². The Morgan fingerprint density at radius 1 is 0.582 bits per heavy atom. The summed E-state index contributed by atoms with van der Waals surface area (Å²) in [6.07, 6.45) is 2.85. The molecule has 6 heteroatoms. The zero-order chi connectivity index (χ0) is 39.2. The summed E-state index contributed by atoms with van der Waals surface area (Å²) >= 11 is 0. The lowest BCUT2D eigenvalue weighted by Gasteiger charge is -2.41. The SMILES string of the molecule is CC(C)(C)c1ccc(N2c3ccc(C(C)(C)C)cc3B3c4c2ncnc4N(c2ccc4c(c2)C(C)(C)CC4(C)C)c2oc4ccc(C(C)(C)C)cc4c23)cc1. The molecule has 0 radical (unpaired) electrons. The van der Waals surface area contributed by atoms with Crippen LogP contribution in [0.15, 0.2) is 89.6 Å². The summed E-state index contributed by atoms with van der Waals surface area (Å²) in [5.41, 5.74) is 14.5. The number of aromatic nitrogens is 2. The van der Waals surface area contributed by atoms with Gasteiger partial charge in [0.25, 0.3) is 6.71 Å². The van der Waals surface area contributed by atoms with Crippen molar-refractivity contribution in [2.45, 2.75) is 124 Å². The van der Waals surface area contributed by atoms with E-state index in [9.17, 15) is 0 Å². The lowest BCUT2D eigenvalue weighted by molar-refractivity contribution is 0.403. The van der Waals surface area contributed by atoms with Gasteiger partial charge in [0.2, 0.25) is 5.88 Å². The Hall–Kier alpha value is -4.84. The zero-order valence-electron chi connectivity index (χ0n) is 35.1. The van der Waals surface area contributed by atoms with E-state index in [1.165, 1.54) is 38.7 Å². The Balaban J connectivity index is 1.38. The average molecular weight is 727 g/mol. The molecule has 0 spiro atoms. The fourth-order valence-corrected chi connectivity index (χ4v) is 9.86. The van der Waals surface area contributed by atoms with Crippen LogP contribution in [0.3, 0.4) is 0 Å². The van der Waals surface area contributed by atoms with Crippen molar-refractivity contribution in [2.24, 2.45) is 0 Å². The van der Waals surface area contributed by atoms with Crippen LogP contribution in [-0.2, 0) is 27.1 Å². The molecule has 4 heterocycles. The minimum atomic E-state index is -0.138. The van der Waals surface area contributed by atoms with Crippen LogP contribution in [-0.4, -0.2) is 16.7 Å². The van der Waals surface area contributed by atoms with Crippen molar-refractivity contribution in [1.82, 2.24) is 9.97 Å². The lowest BCUT2D eigenvalue weighted by atomic mass is 9.34. The van der Waals surface area contributed by atoms with E-state index in [-0.39, 0.29) is 33.8 Å². The third-order valence-corrected chi connectivity index (χ3v) is 12.7. The number of hydrogen-bond acceptors (Lipinski definition) is 5. The van der Waals surface area contributed by atoms with Crippen LogP contribution < -0.4 is 26.2 Å². The van der Waals surface area contributed by atoms with Crippen molar-refractivity contribution in [3.63, 3.8) is 0 Å². The van der Waals surface area contributed by atoms with Crippen LogP contribution in [0.2, 0.25) is 0 Å². The van der Waals surface area contributed by atoms with Gasteiger partial charge in [-0.1, -0.05) is 126 Å². The molecule has 6 aromatic rings. The van der Waals surface area contributed by atoms with E-state index in [1.807, 2.05) is 0 Å². The summed E-state index contributed by atoms with van der Waals surface area (Å²) < 4.78 is 7.11. The molecule has 0 atom stereocenters. The molecule has 0 N–H and O–H groups in total. The Kier molecular flexibility index (Phi) is 7.41. The predicted octanol–water partition coefficient (Wildman–Crippen LogP) is 11.2. The van der Waals surface area contributed by atoms with E-state index in [1.54, 1.807) is 6.33 Å². The Bertz CT molecular complexity index is 2540. The topological polar surface area (TPSA) is 45.4 Å². The van der Waals surface area contributed by atoms with Gasteiger partial charge < -0.3 is 4.42 Å². The maximum absolute atomic E-state index is 7.11. The highest BCUT2D eigenvalue weighted by Gasteiger charge is 2.49. The van der Waals surface area contributed by atoms with E-state index in [2.05, 4.69) is 179 Å². The molecule has 0 fully saturated rings. The van der Waals surface area contributed by atoms with Gasteiger partial charge >= 0.3 is 0 Å². The number of fused-ring (bicyclic) bond motifs is 7. The van der Waals surface area contributed by atoms with Gasteiger partial charge in [-0.05, 0) is 109 Å². The van der Waals surface area contributed by atoms with Gasteiger partial charge in [-0.25, -0.2) is 9.97 Å². The largest absolute Gasteiger partial charge is 0.440 e. The summed E-state index contributed by atoms with van der Waals surface area (Å²) in [5, 5.41) is 1.15. The predicted molar refractivity (Wildman–Crippen MR) is 233 cm³/mol. The Labute approximate surface area is 328 Å². The van der Waals surface area contributed by atoms with Crippen molar-refractivity contribution in [2.75, 3.05) is 9.80 Å². The normalized spacial score (nSPS) is 16.9. The van der Waals surface area contributed by atoms with Crippen molar-refractivity contribution in [3.8, 4) is 0 Å². The molecule has 0 amide bonds. The van der Waals surface area contributed by atoms with Crippen LogP contribution in [0, 0.1) is 0 Å². The van der Waals surface area contributed by atoms with Gasteiger partial charge in [0.15, 0.2) is 0 Å². The molecule has 4 aromatic carbocycles. The van der Waals surface area contributed by atoms with Crippen molar-refractivity contribution in [3.05, 3.63) is 113 Å². The van der Waals surface area contributed by atoms with Gasteiger partial charge in [0, 0.05) is 27.7 Å². The summed E-state index contributed by atoms with van der Waals surface area (Å²) in [6.45, 7) is 30.0. The molecule has 5 nitrogen and oxygen atoms in total. The molecular weight excluding hydrogens is 671 g/mol. The molecule has 280 valence electrons. The molecule has 55 heavy (non-hydrogen) atoms. The van der Waals surface area contributed by atoms with Crippen LogP contribution in [0.1, 0.15) is 124 Å². The van der Waals surface area contributed by atoms with Crippen molar-refractivity contribution >= 4 is 68.7 Å². The van der Waals surface area contributed by atoms with Crippen LogP contribution in [0.5, 0.6) is 0 Å². The van der Waals surface area contributed by atoms with E-state index >= 15 is 0 Å². The molecular formula is C49H55BN4O. The molecule has 0 saturated carbocycles. The highest BCUT2D eigenvalue weighted by molar-refractivity contribution is 7.01. The number of furan rings is 1. The van der Waals surface area contributed by atoms with E-state index < -0.39 is 0 Å². The van der Waals surface area contributed by atoms with Gasteiger partial charge in [-0.3, -0.25) is 9.80 Å². The summed E-state index contributed by atoms with van der Waals surface area (Å²) in [5.74, 6) is 2.62. The monoisotopic (exact) mass is 726 g/mol. The summed E-state index contributed by atoms with van der Waals surface area (Å²) in [6, 6.07) is 30.0. The van der Waals surface area contributed by atoms with E-state index in [0.29, 0.717) is 0 Å². The number of anilines is 6. The summed E-state index contributed by atoms with van der Waals surface area (Å²) in [4.78, 5) is 15.1. The first-order chi connectivity index (χ1) is 25.6. The van der Waals surface area contributed by atoms with Crippen LogP contribution >= 0.6 is 0 Å². The molecule has 0 saturated heterocycles. The molecule has 9 rings (SSSR count). The molecule has 3 aliphatic rings. The van der Waals surface area contributed by atoms with Crippen LogP contribution in [0.4, 0.5) is 34.6 Å². The van der Waals surface area contributed by atoms with Gasteiger partial charge in [0.1, 0.15) is 23.5 Å². The Morgan fingerprint density at radius 2 is 1.15 bits per heavy atom. The second-order valence-electron chi connectivity index (χ2n) is 20.8. The third kappa shape index (κ3) is 5.41. The first kappa shape index (κ1) is 35.8. The average Bonchev–Trinajstić information content (AvgIpc) is 3.56. The minimum absolute atomic E-state index is 0.0306. The quantitative estimate of drug-likeness (QED) is 0.166. The van der Waals surface area contributed by atoms with Gasteiger partial charge in [-0.15, -0.1) is 0 Å². The zero-order valence-corrected chi connectivity index (χ0v) is 35.1. The standard InChI is InChI=1S/C49H55BN4O/c1-45(2,3)29-14-18-32(19-15-29)53-38-22-16-31(47(7,8)9)25-37(38)50-40-34-24-30(46(4,5)6)17-23-39(34)55-44(40)54(43-41(50)42(53)51-28-52-43)33-20-21-35-36(26-33)49(12,13)27-48(35,10)11/h14-26,28H,27H2,1-13H3. The third-order valence-electron chi connectivity index (χ3n) is 12.7. The molecule has 2 aromatic heterocycles. The molecule has 2 aliphatic heterocycles. The highest BCUT2D eigenvalue weighted by atomic mass is 16.4. The van der Waals surface area contributed by atoms with Crippen LogP contribution in [0.25, 0.3) is 11.0 Å². The molecule has 0 unspecified atom stereocenters. The minimum Gasteiger partial charge on any atom is -0.440 e.